The van der Waals surface area contributed by atoms with Crippen LogP contribution in [0.15, 0.2) is 16.9 Å². The molecule has 18 heavy (non-hydrogen) atoms. The van der Waals surface area contributed by atoms with E-state index in [4.69, 9.17) is 4.52 Å². The molecule has 0 aliphatic carbocycles. The minimum atomic E-state index is 0.0386. The van der Waals surface area contributed by atoms with Gasteiger partial charge in [0.2, 0.25) is 17.5 Å². The normalized spacial score (nSPS) is 12.6. The molecule has 0 amide bonds. The van der Waals surface area contributed by atoms with Crippen molar-refractivity contribution >= 4 is 0 Å². The first kappa shape index (κ1) is 12.6. The highest BCUT2D eigenvalue weighted by Gasteiger charge is 2.15. The molecule has 1 atom stereocenters. The lowest BCUT2D eigenvalue weighted by Crippen LogP contribution is -2.19. The van der Waals surface area contributed by atoms with E-state index < -0.39 is 0 Å². The molecule has 6 nitrogen and oxygen atoms in total. The van der Waals surface area contributed by atoms with Crippen molar-refractivity contribution in [2.24, 2.45) is 0 Å². The molecule has 2 heterocycles. The van der Waals surface area contributed by atoms with E-state index in [-0.39, 0.29) is 6.04 Å². The lowest BCUT2D eigenvalue weighted by molar-refractivity contribution is 0.340. The molecule has 2 aromatic heterocycles. The van der Waals surface area contributed by atoms with E-state index in [0.29, 0.717) is 17.5 Å². The van der Waals surface area contributed by atoms with Crippen molar-refractivity contribution in [2.75, 3.05) is 6.54 Å². The highest BCUT2D eigenvalue weighted by atomic mass is 16.5. The van der Waals surface area contributed by atoms with Gasteiger partial charge in [-0.05, 0) is 32.4 Å². The molecule has 96 valence electrons. The Morgan fingerprint density at radius 3 is 2.67 bits per heavy atom. The Labute approximate surface area is 106 Å². The molecule has 1 N–H and O–H groups in total. The summed E-state index contributed by atoms with van der Waals surface area (Å²) in [5, 5.41) is 7.18. The van der Waals surface area contributed by atoms with Crippen LogP contribution >= 0.6 is 0 Å². The Morgan fingerprint density at radius 1 is 1.28 bits per heavy atom. The average molecular weight is 247 g/mol. The molecule has 0 fully saturated rings. The molecule has 0 aromatic carbocycles. The minimum Gasteiger partial charge on any atom is -0.337 e. The van der Waals surface area contributed by atoms with Gasteiger partial charge in [0.1, 0.15) is 0 Å². The molecule has 0 bridgehead atoms. The topological polar surface area (TPSA) is 76.7 Å². The third-order valence-corrected chi connectivity index (χ3v) is 2.49. The summed E-state index contributed by atoms with van der Waals surface area (Å²) in [4.78, 5) is 12.6. The first-order valence-corrected chi connectivity index (χ1v) is 6.06. The van der Waals surface area contributed by atoms with E-state index in [9.17, 15) is 0 Å². The van der Waals surface area contributed by atoms with Crippen LogP contribution in [-0.4, -0.2) is 26.7 Å². The quantitative estimate of drug-likeness (QED) is 0.869. The van der Waals surface area contributed by atoms with Crippen LogP contribution in [0.25, 0.3) is 11.6 Å². The van der Waals surface area contributed by atoms with Crippen molar-refractivity contribution < 1.29 is 4.52 Å². The third kappa shape index (κ3) is 2.89. The highest BCUT2D eigenvalue weighted by molar-refractivity contribution is 5.41. The van der Waals surface area contributed by atoms with Crippen molar-refractivity contribution in [3.63, 3.8) is 0 Å². The van der Waals surface area contributed by atoms with Crippen LogP contribution in [0.2, 0.25) is 0 Å². The van der Waals surface area contributed by atoms with Crippen molar-refractivity contribution in [1.29, 1.82) is 0 Å². The fourth-order valence-electron chi connectivity index (χ4n) is 1.46. The summed E-state index contributed by atoms with van der Waals surface area (Å²) in [6.45, 7) is 6.95. The Kier molecular flexibility index (Phi) is 3.99. The molecule has 2 rings (SSSR count). The maximum absolute atomic E-state index is 5.20. The third-order valence-electron chi connectivity index (χ3n) is 2.49. The van der Waals surface area contributed by atoms with Crippen LogP contribution < -0.4 is 5.32 Å². The summed E-state index contributed by atoms with van der Waals surface area (Å²) >= 11 is 0. The van der Waals surface area contributed by atoms with Crippen LogP contribution in [0.5, 0.6) is 0 Å². The second kappa shape index (κ2) is 5.68. The molecule has 0 saturated carbocycles. The van der Waals surface area contributed by atoms with Crippen molar-refractivity contribution in [1.82, 2.24) is 25.4 Å². The molecule has 6 heteroatoms. The largest absolute Gasteiger partial charge is 0.337 e. The first-order chi connectivity index (χ1) is 8.70. The first-order valence-electron chi connectivity index (χ1n) is 6.06. The van der Waals surface area contributed by atoms with Gasteiger partial charge < -0.3 is 9.84 Å². The number of hydrogen-bond acceptors (Lipinski definition) is 6. The Balaban J connectivity index is 2.12. The van der Waals surface area contributed by atoms with Crippen LogP contribution in [0, 0.1) is 6.92 Å². The van der Waals surface area contributed by atoms with Gasteiger partial charge in [-0.15, -0.1) is 0 Å². The zero-order valence-corrected chi connectivity index (χ0v) is 10.8. The minimum absolute atomic E-state index is 0.0386. The zero-order valence-electron chi connectivity index (χ0n) is 10.8. The van der Waals surface area contributed by atoms with E-state index >= 15 is 0 Å². The fourth-order valence-corrected chi connectivity index (χ4v) is 1.46. The lowest BCUT2D eigenvalue weighted by atomic mass is 10.3. The summed E-state index contributed by atoms with van der Waals surface area (Å²) in [5.41, 5.74) is 1.00. The Morgan fingerprint density at radius 2 is 2.00 bits per heavy atom. The van der Waals surface area contributed by atoms with Crippen molar-refractivity contribution in [2.45, 2.75) is 33.2 Å². The molecular formula is C12H17N5O. The number of aromatic nitrogens is 4. The number of hydrogen-bond donors (Lipinski definition) is 1. The molecule has 0 aliphatic heterocycles. The molecule has 0 aliphatic rings. The molecule has 1 unspecified atom stereocenters. The number of aryl methyl sites for hydroxylation is 1. The summed E-state index contributed by atoms with van der Waals surface area (Å²) in [6, 6.07) is 0.0386. The number of nitrogens with one attached hydrogen (secondary N) is 1. The molecule has 0 saturated heterocycles. The van der Waals surface area contributed by atoms with Gasteiger partial charge in [0, 0.05) is 12.4 Å². The van der Waals surface area contributed by atoms with Gasteiger partial charge in [-0.2, -0.15) is 4.98 Å². The van der Waals surface area contributed by atoms with Crippen molar-refractivity contribution in [3.8, 4) is 11.6 Å². The van der Waals surface area contributed by atoms with Crippen LogP contribution in [0.1, 0.15) is 37.8 Å². The second-order valence-corrected chi connectivity index (χ2v) is 4.22. The van der Waals surface area contributed by atoms with Gasteiger partial charge in [-0.1, -0.05) is 12.1 Å². The summed E-state index contributed by atoms with van der Waals surface area (Å²) in [5.74, 6) is 1.47. The van der Waals surface area contributed by atoms with Gasteiger partial charge in [-0.3, -0.25) is 0 Å². The van der Waals surface area contributed by atoms with Gasteiger partial charge in [0.05, 0.1) is 6.04 Å². The van der Waals surface area contributed by atoms with Gasteiger partial charge in [0.25, 0.3) is 0 Å². The van der Waals surface area contributed by atoms with Crippen LogP contribution in [0.3, 0.4) is 0 Å². The van der Waals surface area contributed by atoms with Gasteiger partial charge in [0.15, 0.2) is 0 Å². The fraction of sp³-hybridized carbons (Fsp3) is 0.500. The monoisotopic (exact) mass is 247 g/mol. The standard InChI is InChI=1S/C12H17N5O/c1-4-5-13-9(3)12-16-11(17-18-12)10-14-6-8(2)7-15-10/h6-7,9,13H,4-5H2,1-3H3. The second-order valence-electron chi connectivity index (χ2n) is 4.22. The van der Waals surface area contributed by atoms with Crippen molar-refractivity contribution in [3.05, 3.63) is 23.8 Å². The van der Waals surface area contributed by atoms with Gasteiger partial charge in [-0.25, -0.2) is 9.97 Å². The number of nitrogens with zero attached hydrogens (tertiary/aromatic N) is 4. The number of rotatable bonds is 5. The van der Waals surface area contributed by atoms with E-state index in [2.05, 4.69) is 32.3 Å². The maximum Gasteiger partial charge on any atom is 0.243 e. The van der Waals surface area contributed by atoms with E-state index in [1.165, 1.54) is 0 Å². The maximum atomic E-state index is 5.20. The summed E-state index contributed by atoms with van der Waals surface area (Å²) in [7, 11) is 0. The Bertz CT molecular complexity index is 493. The summed E-state index contributed by atoms with van der Waals surface area (Å²) in [6.07, 6.45) is 4.53. The lowest BCUT2D eigenvalue weighted by Gasteiger charge is -2.06. The average Bonchev–Trinajstić information content (AvgIpc) is 2.86. The smallest absolute Gasteiger partial charge is 0.243 e. The van der Waals surface area contributed by atoms with E-state index in [1.54, 1.807) is 12.4 Å². The Hall–Kier alpha value is -1.82. The van der Waals surface area contributed by atoms with Gasteiger partial charge >= 0.3 is 0 Å². The molecule has 2 aromatic rings. The molecule has 0 spiro atoms. The molecular weight excluding hydrogens is 230 g/mol. The highest BCUT2D eigenvalue weighted by Crippen LogP contribution is 2.14. The van der Waals surface area contributed by atoms with Crippen LogP contribution in [0.4, 0.5) is 0 Å². The zero-order chi connectivity index (χ0) is 13.0. The predicted molar refractivity (Wildman–Crippen MR) is 66.8 cm³/mol. The SMILES string of the molecule is CCCNC(C)c1nc(-c2ncc(C)cn2)no1. The van der Waals surface area contributed by atoms with E-state index in [1.807, 2.05) is 13.8 Å². The van der Waals surface area contributed by atoms with E-state index in [0.717, 1.165) is 18.5 Å². The predicted octanol–water partition coefficient (Wildman–Crippen LogP) is 1.90. The molecule has 0 radical (unpaired) electrons. The van der Waals surface area contributed by atoms with Crippen LogP contribution in [-0.2, 0) is 0 Å². The summed E-state index contributed by atoms with van der Waals surface area (Å²) < 4.78 is 5.20.